The highest BCUT2D eigenvalue weighted by Gasteiger charge is 2.43. The maximum Gasteiger partial charge on any atom is 0.529 e. The van der Waals surface area contributed by atoms with E-state index in [-0.39, 0.29) is 5.92 Å². The van der Waals surface area contributed by atoms with Gasteiger partial charge in [0.2, 0.25) is 0 Å². The van der Waals surface area contributed by atoms with E-state index in [0.717, 1.165) is 0 Å². The molecule has 0 N–H and O–H groups in total. The second-order valence-electron chi connectivity index (χ2n) is 6.64. The summed E-state index contributed by atoms with van der Waals surface area (Å²) in [7, 11) is -5.74. The van der Waals surface area contributed by atoms with Gasteiger partial charge in [-0.05, 0) is 25.2 Å². The fourth-order valence-corrected chi connectivity index (χ4v) is 7.69. The molecule has 0 amide bonds. The van der Waals surface area contributed by atoms with Gasteiger partial charge in [-0.1, -0.05) is 26.0 Å². The Morgan fingerprint density at radius 3 is 2.18 bits per heavy atom. The normalized spacial score (nSPS) is 25.0. The molecule has 1 rings (SSSR count). The monoisotopic (exact) mass is 472 g/mol. The molecular weight excluding hydrogens is 439 g/mol. The number of alkyl halides is 2. The molecule has 0 spiro atoms. The summed E-state index contributed by atoms with van der Waals surface area (Å²) in [5, 5.41) is 0. The molecule has 0 saturated carbocycles. The second-order valence-corrected chi connectivity index (χ2v) is 12.1. The van der Waals surface area contributed by atoms with Gasteiger partial charge in [0.15, 0.2) is 0 Å². The lowest BCUT2D eigenvalue weighted by Gasteiger charge is -2.34. The predicted octanol–water partition coefficient (Wildman–Crippen LogP) is 3.96. The average Bonchev–Trinajstić information content (AvgIpc) is 2.70. The van der Waals surface area contributed by atoms with Crippen molar-refractivity contribution < 1.29 is 26.6 Å². The van der Waals surface area contributed by atoms with Crippen molar-refractivity contribution in [2.45, 2.75) is 27.7 Å². The number of hydrogen-bond acceptors (Lipinski definition) is 6. The molecular formula is C18H34Cl2O6Si2. The third-order valence-corrected chi connectivity index (χ3v) is 9.09. The maximum absolute atomic E-state index is 6.11. The van der Waals surface area contributed by atoms with E-state index in [1.54, 1.807) is 0 Å². The van der Waals surface area contributed by atoms with Gasteiger partial charge in [0.05, 0.1) is 0 Å². The van der Waals surface area contributed by atoms with Gasteiger partial charge in [0.1, 0.15) is 0 Å². The minimum absolute atomic E-state index is 0.0949. The van der Waals surface area contributed by atoms with Crippen molar-refractivity contribution in [3.8, 4) is 0 Å². The standard InChI is InChI=1S/C18H34Cl2O6Si2/c1-5-21-27(22-6-2,11-7-9-19)23-13-17(3)14-24-28(12-8-10-20)25-15-18(4)16-26-28/h7-8,11-12,17-18H,5-6,9-10,13-16H2,1-4H3. The maximum atomic E-state index is 6.11. The zero-order valence-corrected chi connectivity index (χ0v) is 20.8. The summed E-state index contributed by atoms with van der Waals surface area (Å²) in [5.74, 6) is 1.22. The Bertz CT molecular complexity index is 467. The number of hydrogen-bond donors (Lipinski definition) is 0. The van der Waals surface area contributed by atoms with Crippen LogP contribution in [-0.4, -0.2) is 69.0 Å². The molecule has 6 nitrogen and oxygen atoms in total. The van der Waals surface area contributed by atoms with Gasteiger partial charge in [-0.2, -0.15) is 0 Å². The van der Waals surface area contributed by atoms with E-state index in [4.69, 9.17) is 49.8 Å². The van der Waals surface area contributed by atoms with Crippen LogP contribution in [0.5, 0.6) is 0 Å². The first-order valence-corrected chi connectivity index (χ1v) is 14.4. The predicted molar refractivity (Wildman–Crippen MR) is 117 cm³/mol. The van der Waals surface area contributed by atoms with E-state index in [0.29, 0.717) is 57.3 Å². The van der Waals surface area contributed by atoms with Crippen LogP contribution in [0.1, 0.15) is 27.7 Å². The molecule has 1 aliphatic rings. The summed E-state index contributed by atoms with van der Waals surface area (Å²) in [6.45, 7) is 11.1. The van der Waals surface area contributed by atoms with Gasteiger partial charge in [0, 0.05) is 63.2 Å². The lowest BCUT2D eigenvalue weighted by molar-refractivity contribution is -0.00630. The third-order valence-electron chi connectivity index (χ3n) is 3.79. The molecule has 1 saturated heterocycles. The van der Waals surface area contributed by atoms with E-state index in [2.05, 4.69) is 6.92 Å². The van der Waals surface area contributed by atoms with Crippen LogP contribution in [-0.2, 0) is 26.6 Å². The molecule has 1 aliphatic heterocycles. The van der Waals surface area contributed by atoms with E-state index in [1.807, 2.05) is 44.3 Å². The molecule has 28 heavy (non-hydrogen) atoms. The largest absolute Gasteiger partial charge is 0.529 e. The van der Waals surface area contributed by atoms with Crippen molar-refractivity contribution in [2.75, 3.05) is 51.4 Å². The minimum Gasteiger partial charge on any atom is -0.371 e. The Kier molecular flexibility index (Phi) is 13.4. The summed E-state index contributed by atoms with van der Waals surface area (Å²) in [5.41, 5.74) is 3.71. The van der Waals surface area contributed by atoms with Gasteiger partial charge >= 0.3 is 17.6 Å². The molecule has 0 aliphatic carbocycles. The van der Waals surface area contributed by atoms with E-state index in [9.17, 15) is 0 Å². The van der Waals surface area contributed by atoms with Crippen LogP contribution in [0.25, 0.3) is 0 Å². The number of rotatable bonds is 14. The van der Waals surface area contributed by atoms with Crippen LogP contribution in [0.4, 0.5) is 0 Å². The molecule has 1 atom stereocenters. The lowest BCUT2D eigenvalue weighted by Crippen LogP contribution is -2.51. The Labute approximate surface area is 181 Å². The van der Waals surface area contributed by atoms with Gasteiger partial charge in [0.25, 0.3) is 0 Å². The van der Waals surface area contributed by atoms with Gasteiger partial charge < -0.3 is 26.6 Å². The fraction of sp³-hybridized carbons (Fsp3) is 0.778. The molecule has 0 aromatic carbocycles. The van der Waals surface area contributed by atoms with E-state index < -0.39 is 17.6 Å². The second kappa shape index (κ2) is 14.3. The van der Waals surface area contributed by atoms with Gasteiger partial charge in [-0.15, -0.1) is 23.2 Å². The molecule has 0 aromatic rings. The molecule has 1 heterocycles. The smallest absolute Gasteiger partial charge is 0.371 e. The highest BCUT2D eigenvalue weighted by Crippen LogP contribution is 2.22. The highest BCUT2D eigenvalue weighted by molar-refractivity contribution is 6.66. The highest BCUT2D eigenvalue weighted by atomic mass is 35.5. The summed E-state index contributed by atoms with van der Waals surface area (Å²) >= 11 is 11.6. The molecule has 164 valence electrons. The molecule has 1 unspecified atom stereocenters. The molecule has 0 radical (unpaired) electrons. The Morgan fingerprint density at radius 1 is 1.04 bits per heavy atom. The van der Waals surface area contributed by atoms with Crippen LogP contribution in [0.15, 0.2) is 23.6 Å². The molecule has 1 fully saturated rings. The number of allylic oxidation sites excluding steroid dienone is 2. The third kappa shape index (κ3) is 9.38. The zero-order chi connectivity index (χ0) is 20.9. The summed E-state index contributed by atoms with van der Waals surface area (Å²) in [4.78, 5) is 0. The van der Waals surface area contributed by atoms with Gasteiger partial charge in [-0.25, -0.2) is 0 Å². The van der Waals surface area contributed by atoms with Crippen molar-refractivity contribution in [3.05, 3.63) is 23.6 Å². The number of halogens is 2. The van der Waals surface area contributed by atoms with E-state index in [1.165, 1.54) is 0 Å². The van der Waals surface area contributed by atoms with Crippen LogP contribution in [0.2, 0.25) is 0 Å². The minimum atomic E-state index is -2.90. The van der Waals surface area contributed by atoms with E-state index >= 15 is 0 Å². The van der Waals surface area contributed by atoms with Gasteiger partial charge in [-0.3, -0.25) is 0 Å². The quantitative estimate of drug-likeness (QED) is 0.281. The summed E-state index contributed by atoms with van der Waals surface area (Å²) < 4.78 is 35.8. The summed E-state index contributed by atoms with van der Waals surface area (Å²) in [6.07, 6.45) is 3.63. The molecule has 10 heteroatoms. The first-order valence-electron chi connectivity index (χ1n) is 9.75. The van der Waals surface area contributed by atoms with Crippen LogP contribution in [0.3, 0.4) is 0 Å². The van der Waals surface area contributed by atoms with Crippen molar-refractivity contribution in [1.29, 1.82) is 0 Å². The van der Waals surface area contributed by atoms with Crippen LogP contribution < -0.4 is 0 Å². The molecule has 0 bridgehead atoms. The Balaban J connectivity index is 2.65. The first kappa shape index (κ1) is 26.3. The Morgan fingerprint density at radius 2 is 1.64 bits per heavy atom. The van der Waals surface area contributed by atoms with Crippen molar-refractivity contribution >= 4 is 40.8 Å². The average molecular weight is 474 g/mol. The first-order chi connectivity index (χ1) is 13.4. The van der Waals surface area contributed by atoms with Crippen LogP contribution >= 0.6 is 23.2 Å². The zero-order valence-electron chi connectivity index (χ0n) is 17.3. The fourth-order valence-electron chi connectivity index (χ4n) is 2.45. The Hall–Kier alpha value is 0.254. The lowest BCUT2D eigenvalue weighted by atomic mass is 10.2. The summed E-state index contributed by atoms with van der Waals surface area (Å²) in [6, 6.07) is 0. The van der Waals surface area contributed by atoms with Crippen molar-refractivity contribution in [2.24, 2.45) is 11.8 Å². The SMILES string of the molecule is CCO[Si](C=CCCl)(OCC)OCC(C)CO[Si]1(C=CCCl)OCC(C)CO1. The topological polar surface area (TPSA) is 55.4 Å². The van der Waals surface area contributed by atoms with Crippen LogP contribution in [0, 0.1) is 11.8 Å². The molecule has 0 aromatic heterocycles. The van der Waals surface area contributed by atoms with Crippen molar-refractivity contribution in [3.63, 3.8) is 0 Å². The van der Waals surface area contributed by atoms with Crippen molar-refractivity contribution in [1.82, 2.24) is 0 Å².